The van der Waals surface area contributed by atoms with Gasteiger partial charge in [-0.15, -0.1) is 11.3 Å². The van der Waals surface area contributed by atoms with Crippen LogP contribution < -0.4 is 10.6 Å². The van der Waals surface area contributed by atoms with Crippen molar-refractivity contribution in [3.63, 3.8) is 0 Å². The van der Waals surface area contributed by atoms with E-state index in [0.29, 0.717) is 29.2 Å². The van der Waals surface area contributed by atoms with Gasteiger partial charge in [-0.25, -0.2) is 13.4 Å². The molecule has 9 nitrogen and oxygen atoms in total. The Balaban J connectivity index is 1.47. The monoisotopic (exact) mass is 472 g/mol. The van der Waals surface area contributed by atoms with E-state index in [0.717, 1.165) is 21.3 Å². The van der Waals surface area contributed by atoms with Crippen LogP contribution in [-0.4, -0.2) is 43.8 Å². The normalized spacial score (nSPS) is 13.5. The van der Waals surface area contributed by atoms with Gasteiger partial charge in [0.15, 0.2) is 5.13 Å². The van der Waals surface area contributed by atoms with Crippen LogP contribution in [-0.2, 0) is 26.1 Å². The van der Waals surface area contributed by atoms with E-state index in [9.17, 15) is 18.0 Å². The lowest BCUT2D eigenvalue weighted by atomic mass is 9.99. The summed E-state index contributed by atoms with van der Waals surface area (Å²) in [7, 11) is -1.24. The van der Waals surface area contributed by atoms with E-state index >= 15 is 0 Å². The van der Waals surface area contributed by atoms with Crippen LogP contribution in [0.4, 0.5) is 10.8 Å². The molecule has 2 amide bonds. The highest BCUT2D eigenvalue weighted by Gasteiger charge is 2.21. The van der Waals surface area contributed by atoms with Crippen LogP contribution in [0.25, 0.3) is 11.3 Å². The van der Waals surface area contributed by atoms with E-state index < -0.39 is 15.9 Å². The zero-order chi connectivity index (χ0) is 22.9. The summed E-state index contributed by atoms with van der Waals surface area (Å²) in [6.07, 6.45) is 1.13. The van der Waals surface area contributed by atoms with Gasteiger partial charge in [-0.05, 0) is 48.4 Å². The van der Waals surface area contributed by atoms with Crippen molar-refractivity contribution in [2.24, 2.45) is 0 Å². The first-order valence-electron chi connectivity index (χ1n) is 9.61. The summed E-state index contributed by atoms with van der Waals surface area (Å²) < 4.78 is 25.2. The van der Waals surface area contributed by atoms with Crippen molar-refractivity contribution in [1.29, 1.82) is 0 Å². The highest BCUT2D eigenvalue weighted by atomic mass is 32.2. The Hall–Kier alpha value is -3.12. The van der Waals surface area contributed by atoms with Gasteiger partial charge in [-0.2, -0.15) is 0 Å². The fraction of sp³-hybridized carbons (Fsp3) is 0.190. The number of carbonyl (C=O) groups excluding carboxylic acids is 2. The Morgan fingerprint density at radius 3 is 2.66 bits per heavy atom. The molecule has 0 saturated heterocycles. The van der Waals surface area contributed by atoms with Crippen molar-refractivity contribution in [1.82, 2.24) is 9.45 Å². The van der Waals surface area contributed by atoms with E-state index in [1.165, 1.54) is 49.8 Å². The zero-order valence-electron chi connectivity index (χ0n) is 17.3. The summed E-state index contributed by atoms with van der Waals surface area (Å²) in [6, 6.07) is 11.3. The van der Waals surface area contributed by atoms with E-state index in [-0.39, 0.29) is 10.8 Å². The SMILES string of the molecule is CON(C)S(=O)(=O)c1ccc(C(=O)Nc2nc(-c3ccc4c(c3)CCC(=O)N4)cs2)cc1. The minimum atomic E-state index is -3.78. The smallest absolute Gasteiger partial charge is 0.264 e. The molecule has 32 heavy (non-hydrogen) atoms. The highest BCUT2D eigenvalue weighted by molar-refractivity contribution is 7.89. The minimum Gasteiger partial charge on any atom is -0.326 e. The van der Waals surface area contributed by atoms with Crippen molar-refractivity contribution < 1.29 is 22.8 Å². The first-order valence-corrected chi connectivity index (χ1v) is 11.9. The molecule has 0 unspecified atom stereocenters. The van der Waals surface area contributed by atoms with Crippen LogP contribution in [0.3, 0.4) is 0 Å². The molecule has 1 aliphatic rings. The van der Waals surface area contributed by atoms with Crippen LogP contribution in [0.5, 0.6) is 0 Å². The molecule has 0 radical (unpaired) electrons. The van der Waals surface area contributed by atoms with Gasteiger partial charge < -0.3 is 5.32 Å². The molecule has 11 heteroatoms. The molecule has 0 aliphatic carbocycles. The molecule has 2 aromatic carbocycles. The van der Waals surface area contributed by atoms with Crippen molar-refractivity contribution in [2.45, 2.75) is 17.7 Å². The number of thiazole rings is 1. The molecule has 0 fully saturated rings. The van der Waals surface area contributed by atoms with E-state index in [1.807, 2.05) is 23.6 Å². The number of benzene rings is 2. The third-order valence-corrected chi connectivity index (χ3v) is 7.48. The van der Waals surface area contributed by atoms with Crippen LogP contribution in [0.2, 0.25) is 0 Å². The number of carbonyl (C=O) groups is 2. The summed E-state index contributed by atoms with van der Waals surface area (Å²) >= 11 is 1.29. The first-order chi connectivity index (χ1) is 15.3. The second-order valence-electron chi connectivity index (χ2n) is 7.03. The highest BCUT2D eigenvalue weighted by Crippen LogP contribution is 2.30. The maximum atomic E-state index is 12.6. The standard InChI is InChI=1S/C21H20N4O5S2/c1-25(30-2)32(28,29)16-7-3-13(4-8-16)20(27)24-21-23-18(12-31-21)15-5-9-17-14(11-15)6-10-19(26)22-17/h3-5,7-9,11-12H,6,10H2,1-2H3,(H,22,26)(H,23,24,27). The molecular formula is C21H20N4O5S2. The predicted molar refractivity (Wildman–Crippen MR) is 121 cm³/mol. The molecule has 2 heterocycles. The lowest BCUT2D eigenvalue weighted by molar-refractivity contribution is -0.116. The van der Waals surface area contributed by atoms with Crippen molar-refractivity contribution >= 4 is 44.0 Å². The molecule has 0 spiro atoms. The fourth-order valence-corrected chi connectivity index (χ4v) is 4.89. The van der Waals surface area contributed by atoms with E-state index in [4.69, 9.17) is 4.84 Å². The molecule has 1 aromatic heterocycles. The molecule has 3 aromatic rings. The number of nitrogens with zero attached hydrogens (tertiary/aromatic N) is 2. The molecular weight excluding hydrogens is 452 g/mol. The van der Waals surface area contributed by atoms with Crippen molar-refractivity contribution in [3.8, 4) is 11.3 Å². The maximum absolute atomic E-state index is 12.6. The van der Waals surface area contributed by atoms with Crippen LogP contribution in [0.15, 0.2) is 52.7 Å². The summed E-state index contributed by atoms with van der Waals surface area (Å²) in [6.45, 7) is 0. The Morgan fingerprint density at radius 1 is 1.19 bits per heavy atom. The third-order valence-electron chi connectivity index (χ3n) is 5.03. The van der Waals surface area contributed by atoms with Gasteiger partial charge in [0.25, 0.3) is 15.9 Å². The zero-order valence-corrected chi connectivity index (χ0v) is 18.9. The van der Waals surface area contributed by atoms with Gasteiger partial charge in [-0.3, -0.25) is 19.7 Å². The summed E-state index contributed by atoms with van der Waals surface area (Å²) in [4.78, 5) is 33.3. The molecule has 1 aliphatic heterocycles. The molecule has 166 valence electrons. The topological polar surface area (TPSA) is 118 Å². The van der Waals surface area contributed by atoms with Crippen LogP contribution >= 0.6 is 11.3 Å². The van der Waals surface area contributed by atoms with Gasteiger partial charge in [0.2, 0.25) is 5.91 Å². The fourth-order valence-electron chi connectivity index (χ4n) is 3.20. The number of rotatable bonds is 6. The Bertz CT molecular complexity index is 1290. The Morgan fingerprint density at radius 2 is 1.94 bits per heavy atom. The number of aromatic nitrogens is 1. The lowest BCUT2D eigenvalue weighted by Gasteiger charge is -2.17. The Kier molecular flexibility index (Phi) is 6.07. The summed E-state index contributed by atoms with van der Waals surface area (Å²) in [5.41, 5.74) is 3.78. The first kappa shape index (κ1) is 22.1. The average molecular weight is 473 g/mol. The summed E-state index contributed by atoms with van der Waals surface area (Å²) in [5, 5.41) is 7.85. The number of hydrogen-bond acceptors (Lipinski definition) is 7. The van der Waals surface area contributed by atoms with Gasteiger partial charge in [0.1, 0.15) is 0 Å². The number of fused-ring (bicyclic) bond motifs is 1. The Labute approximate surface area is 189 Å². The number of hydrogen-bond donors (Lipinski definition) is 2. The third kappa shape index (κ3) is 4.41. The molecule has 0 bridgehead atoms. The van der Waals surface area contributed by atoms with Gasteiger partial charge >= 0.3 is 0 Å². The van der Waals surface area contributed by atoms with Crippen LogP contribution in [0.1, 0.15) is 22.3 Å². The number of amides is 2. The number of anilines is 2. The quantitative estimate of drug-likeness (QED) is 0.532. The van der Waals surface area contributed by atoms with Gasteiger partial charge in [-0.1, -0.05) is 10.5 Å². The molecule has 2 N–H and O–H groups in total. The van der Waals surface area contributed by atoms with Crippen molar-refractivity contribution in [2.75, 3.05) is 24.8 Å². The number of hydroxylamine groups is 1. The van der Waals surface area contributed by atoms with Gasteiger partial charge in [0.05, 0.1) is 17.7 Å². The van der Waals surface area contributed by atoms with E-state index in [1.54, 1.807) is 0 Å². The number of sulfonamides is 1. The maximum Gasteiger partial charge on any atom is 0.264 e. The molecule has 0 saturated carbocycles. The molecule has 4 rings (SSSR count). The largest absolute Gasteiger partial charge is 0.326 e. The van der Waals surface area contributed by atoms with Crippen LogP contribution in [0, 0.1) is 0 Å². The number of nitrogens with one attached hydrogen (secondary N) is 2. The average Bonchev–Trinajstić information content (AvgIpc) is 3.26. The molecule has 0 atom stereocenters. The minimum absolute atomic E-state index is 0.0125. The van der Waals surface area contributed by atoms with E-state index in [2.05, 4.69) is 15.6 Å². The second-order valence-corrected chi connectivity index (χ2v) is 9.83. The van der Waals surface area contributed by atoms with Crippen molar-refractivity contribution in [3.05, 3.63) is 59.0 Å². The lowest BCUT2D eigenvalue weighted by Crippen LogP contribution is -2.25. The second kappa shape index (κ2) is 8.79. The predicted octanol–water partition coefficient (Wildman–Crippen LogP) is 3.13. The number of aryl methyl sites for hydroxylation is 1. The van der Waals surface area contributed by atoms with Gasteiger partial charge in [0, 0.05) is 35.7 Å². The summed E-state index contributed by atoms with van der Waals surface area (Å²) in [5.74, 6) is -0.386.